The Hall–Kier alpha value is -2.14. The summed E-state index contributed by atoms with van der Waals surface area (Å²) >= 11 is 0. The van der Waals surface area contributed by atoms with E-state index in [1.165, 1.54) is 0 Å². The van der Waals surface area contributed by atoms with Crippen molar-refractivity contribution in [3.05, 3.63) is 53.3 Å². The molecular weight excluding hydrogens is 290 g/mol. The lowest BCUT2D eigenvalue weighted by molar-refractivity contribution is 0.0705. The summed E-state index contributed by atoms with van der Waals surface area (Å²) in [6.45, 7) is 6.83. The predicted octanol–water partition coefficient (Wildman–Crippen LogP) is 2.35. The summed E-state index contributed by atoms with van der Waals surface area (Å²) in [5.41, 5.74) is 2.20. The second-order valence-corrected chi connectivity index (χ2v) is 6.75. The van der Waals surface area contributed by atoms with Crippen molar-refractivity contribution in [3.8, 4) is 0 Å². The zero-order valence-electron chi connectivity index (χ0n) is 14.3. The highest BCUT2D eigenvalue weighted by atomic mass is 16.3. The molecule has 1 amide bonds. The summed E-state index contributed by atoms with van der Waals surface area (Å²) in [6, 6.07) is 9.79. The van der Waals surface area contributed by atoms with E-state index in [1.54, 1.807) is 15.8 Å². The standard InChI is InChI=1S/C18H25N3O2/c1-18(2,3)16-15(13-20(4)19-16)17(23)21(10-11-22)12-14-8-6-5-7-9-14/h5-9,13,22H,10-12H2,1-4H3. The van der Waals surface area contributed by atoms with E-state index < -0.39 is 0 Å². The van der Waals surface area contributed by atoms with Gasteiger partial charge < -0.3 is 10.0 Å². The van der Waals surface area contributed by atoms with Crippen LogP contribution in [0.15, 0.2) is 36.5 Å². The van der Waals surface area contributed by atoms with E-state index in [2.05, 4.69) is 5.10 Å². The molecule has 0 aliphatic carbocycles. The minimum absolute atomic E-state index is 0.0658. The Labute approximate surface area is 137 Å². The lowest BCUT2D eigenvalue weighted by Gasteiger charge is -2.24. The number of carbonyl (C=O) groups is 1. The van der Waals surface area contributed by atoms with Gasteiger partial charge in [0.25, 0.3) is 5.91 Å². The van der Waals surface area contributed by atoms with Gasteiger partial charge in [0.15, 0.2) is 0 Å². The van der Waals surface area contributed by atoms with Gasteiger partial charge in [-0.05, 0) is 5.56 Å². The van der Waals surface area contributed by atoms with Crippen LogP contribution in [0.25, 0.3) is 0 Å². The van der Waals surface area contributed by atoms with E-state index in [0.29, 0.717) is 18.7 Å². The average molecular weight is 315 g/mol. The van der Waals surface area contributed by atoms with Gasteiger partial charge in [0.1, 0.15) is 0 Å². The second kappa shape index (κ2) is 6.96. The fourth-order valence-corrected chi connectivity index (χ4v) is 2.55. The summed E-state index contributed by atoms with van der Waals surface area (Å²) in [6.07, 6.45) is 1.76. The number of benzene rings is 1. The lowest BCUT2D eigenvalue weighted by Crippen LogP contribution is -2.34. The molecule has 0 spiro atoms. The van der Waals surface area contributed by atoms with Gasteiger partial charge in [-0.2, -0.15) is 5.10 Å². The molecule has 0 fully saturated rings. The van der Waals surface area contributed by atoms with E-state index >= 15 is 0 Å². The van der Waals surface area contributed by atoms with Crippen molar-refractivity contribution in [1.29, 1.82) is 0 Å². The number of hydrogen-bond donors (Lipinski definition) is 1. The zero-order chi connectivity index (χ0) is 17.0. The SMILES string of the molecule is Cn1cc(C(=O)N(CCO)Cc2ccccc2)c(C(C)(C)C)n1. The van der Waals surface area contributed by atoms with E-state index in [-0.39, 0.29) is 17.9 Å². The first-order chi connectivity index (χ1) is 10.8. The van der Waals surface area contributed by atoms with Crippen molar-refractivity contribution in [1.82, 2.24) is 14.7 Å². The number of amides is 1. The maximum atomic E-state index is 13.0. The van der Waals surface area contributed by atoms with Crippen LogP contribution in [0.5, 0.6) is 0 Å². The second-order valence-electron chi connectivity index (χ2n) is 6.75. The van der Waals surface area contributed by atoms with Gasteiger partial charge in [0, 0.05) is 31.7 Å². The third-order valence-corrected chi connectivity index (χ3v) is 3.64. The zero-order valence-corrected chi connectivity index (χ0v) is 14.3. The molecule has 1 aromatic heterocycles. The number of aliphatic hydroxyl groups is 1. The number of rotatable bonds is 5. The molecule has 1 N–H and O–H groups in total. The van der Waals surface area contributed by atoms with E-state index in [1.807, 2.05) is 58.2 Å². The number of carbonyl (C=O) groups excluding carboxylic acids is 1. The molecule has 2 rings (SSSR count). The lowest BCUT2D eigenvalue weighted by atomic mass is 9.89. The molecule has 0 unspecified atom stereocenters. The molecule has 0 radical (unpaired) electrons. The molecular formula is C18H25N3O2. The summed E-state index contributed by atoms with van der Waals surface area (Å²) in [5.74, 6) is -0.0964. The Kier molecular flexibility index (Phi) is 5.21. The van der Waals surface area contributed by atoms with Crippen LogP contribution in [0.1, 0.15) is 42.4 Å². The molecule has 2 aromatic rings. The average Bonchev–Trinajstić information content (AvgIpc) is 2.89. The molecule has 1 heterocycles. The number of hydrogen-bond acceptors (Lipinski definition) is 3. The molecule has 0 aliphatic rings. The molecule has 0 atom stereocenters. The number of nitrogens with zero attached hydrogens (tertiary/aromatic N) is 3. The Balaban J connectivity index is 2.31. The fourth-order valence-electron chi connectivity index (χ4n) is 2.55. The monoisotopic (exact) mass is 315 g/mol. The van der Waals surface area contributed by atoms with Crippen LogP contribution in [0.4, 0.5) is 0 Å². The Morgan fingerprint density at radius 1 is 1.26 bits per heavy atom. The molecule has 0 aliphatic heterocycles. The van der Waals surface area contributed by atoms with E-state index in [4.69, 9.17) is 0 Å². The highest BCUT2D eigenvalue weighted by Gasteiger charge is 2.28. The van der Waals surface area contributed by atoms with Crippen molar-refractivity contribution in [3.63, 3.8) is 0 Å². The van der Waals surface area contributed by atoms with E-state index in [0.717, 1.165) is 11.3 Å². The first-order valence-corrected chi connectivity index (χ1v) is 7.81. The molecule has 5 nitrogen and oxygen atoms in total. The molecule has 0 saturated heterocycles. The Morgan fingerprint density at radius 2 is 1.91 bits per heavy atom. The van der Waals surface area contributed by atoms with Crippen LogP contribution >= 0.6 is 0 Å². The highest BCUT2D eigenvalue weighted by Crippen LogP contribution is 2.25. The fraction of sp³-hybridized carbons (Fsp3) is 0.444. The van der Waals surface area contributed by atoms with Crippen LogP contribution in [-0.4, -0.2) is 38.8 Å². The first kappa shape index (κ1) is 17.2. The maximum Gasteiger partial charge on any atom is 0.257 e. The minimum atomic E-state index is -0.218. The quantitative estimate of drug-likeness (QED) is 0.921. The number of aryl methyl sites for hydroxylation is 1. The van der Waals surface area contributed by atoms with Crippen molar-refractivity contribution in [2.75, 3.05) is 13.2 Å². The smallest absolute Gasteiger partial charge is 0.257 e. The summed E-state index contributed by atoms with van der Waals surface area (Å²) in [5, 5.41) is 13.8. The van der Waals surface area contributed by atoms with Gasteiger partial charge in [-0.25, -0.2) is 0 Å². The van der Waals surface area contributed by atoms with Gasteiger partial charge in [-0.1, -0.05) is 51.1 Å². The molecule has 0 bridgehead atoms. The predicted molar refractivity (Wildman–Crippen MR) is 90.2 cm³/mol. The van der Waals surface area contributed by atoms with Crippen LogP contribution < -0.4 is 0 Å². The molecule has 5 heteroatoms. The van der Waals surface area contributed by atoms with Crippen molar-refractivity contribution in [2.24, 2.45) is 7.05 Å². The third kappa shape index (κ3) is 4.20. The maximum absolute atomic E-state index is 13.0. The van der Waals surface area contributed by atoms with Crippen LogP contribution in [-0.2, 0) is 19.0 Å². The molecule has 23 heavy (non-hydrogen) atoms. The van der Waals surface area contributed by atoms with Crippen LogP contribution in [0.2, 0.25) is 0 Å². The third-order valence-electron chi connectivity index (χ3n) is 3.64. The van der Waals surface area contributed by atoms with E-state index in [9.17, 15) is 9.90 Å². The summed E-state index contributed by atoms with van der Waals surface area (Å²) in [4.78, 5) is 14.6. The largest absolute Gasteiger partial charge is 0.395 e. The number of aromatic nitrogens is 2. The summed E-state index contributed by atoms with van der Waals surface area (Å²) in [7, 11) is 1.82. The minimum Gasteiger partial charge on any atom is -0.395 e. The number of aliphatic hydroxyl groups excluding tert-OH is 1. The van der Waals surface area contributed by atoms with Gasteiger partial charge in [-0.15, -0.1) is 0 Å². The Morgan fingerprint density at radius 3 is 2.48 bits per heavy atom. The van der Waals surface area contributed by atoms with Gasteiger partial charge >= 0.3 is 0 Å². The normalized spacial score (nSPS) is 11.5. The Bertz CT molecular complexity index is 657. The van der Waals surface area contributed by atoms with Crippen LogP contribution in [0, 0.1) is 0 Å². The van der Waals surface area contributed by atoms with Crippen LogP contribution in [0.3, 0.4) is 0 Å². The van der Waals surface area contributed by atoms with Gasteiger partial charge in [0.05, 0.1) is 17.9 Å². The highest BCUT2D eigenvalue weighted by molar-refractivity contribution is 5.95. The van der Waals surface area contributed by atoms with Gasteiger partial charge in [0.2, 0.25) is 0 Å². The van der Waals surface area contributed by atoms with Crippen molar-refractivity contribution >= 4 is 5.91 Å². The molecule has 0 saturated carbocycles. The topological polar surface area (TPSA) is 58.4 Å². The van der Waals surface area contributed by atoms with Crippen molar-refractivity contribution < 1.29 is 9.90 Å². The first-order valence-electron chi connectivity index (χ1n) is 7.81. The van der Waals surface area contributed by atoms with Gasteiger partial charge in [-0.3, -0.25) is 9.48 Å². The summed E-state index contributed by atoms with van der Waals surface area (Å²) < 4.78 is 1.67. The molecule has 124 valence electrons. The molecule has 1 aromatic carbocycles. The van der Waals surface area contributed by atoms with Crippen molar-refractivity contribution in [2.45, 2.75) is 32.7 Å².